The molecule has 1 atom stereocenters. The molecule has 5 rings (SSSR count). The van der Waals surface area contributed by atoms with Crippen LogP contribution in [0.1, 0.15) is 28.7 Å². The highest BCUT2D eigenvalue weighted by Gasteiger charge is 2.27. The van der Waals surface area contributed by atoms with E-state index in [0.29, 0.717) is 12.3 Å². The zero-order valence-corrected chi connectivity index (χ0v) is 15.3. The van der Waals surface area contributed by atoms with Crippen molar-refractivity contribution in [2.24, 2.45) is 0 Å². The molecule has 2 aliphatic rings. The summed E-state index contributed by atoms with van der Waals surface area (Å²) in [5.74, 6) is 1.69. The maximum atomic E-state index is 12.4. The molecule has 0 saturated carbocycles. The van der Waals surface area contributed by atoms with Gasteiger partial charge in [0.1, 0.15) is 24.6 Å². The van der Waals surface area contributed by atoms with Gasteiger partial charge in [0, 0.05) is 16.5 Å². The fourth-order valence-corrected chi connectivity index (χ4v) is 4.35. The summed E-state index contributed by atoms with van der Waals surface area (Å²) in [4.78, 5) is 13.7. The van der Waals surface area contributed by atoms with Crippen molar-refractivity contribution in [3.05, 3.63) is 69.1 Å². The van der Waals surface area contributed by atoms with E-state index < -0.39 is 0 Å². The monoisotopic (exact) mass is 364 g/mol. The van der Waals surface area contributed by atoms with Gasteiger partial charge in [0.2, 0.25) is 6.73 Å². The van der Waals surface area contributed by atoms with Crippen molar-refractivity contribution in [2.45, 2.75) is 32.4 Å². The van der Waals surface area contributed by atoms with Gasteiger partial charge in [-0.2, -0.15) is 0 Å². The highest BCUT2D eigenvalue weighted by atomic mass is 16.5. The van der Waals surface area contributed by atoms with Crippen LogP contribution in [0.4, 0.5) is 0 Å². The van der Waals surface area contributed by atoms with E-state index in [1.165, 1.54) is 16.0 Å². The van der Waals surface area contributed by atoms with Gasteiger partial charge in [-0.25, -0.2) is 4.79 Å². The average Bonchev–Trinajstić information content (AvgIpc) is 3.19. The third-order valence-electron chi connectivity index (χ3n) is 5.65. The zero-order valence-electron chi connectivity index (χ0n) is 15.3. The van der Waals surface area contributed by atoms with Crippen LogP contribution >= 0.6 is 0 Å². The normalized spacial score (nSPS) is 18.0. The predicted molar refractivity (Wildman–Crippen MR) is 101 cm³/mol. The minimum atomic E-state index is -0.177. The molecule has 1 aliphatic carbocycles. The van der Waals surface area contributed by atoms with Gasteiger partial charge in [-0.3, -0.25) is 4.90 Å². The summed E-state index contributed by atoms with van der Waals surface area (Å²) >= 11 is 0. The molecule has 0 radical (unpaired) electrons. The minimum absolute atomic E-state index is 0.177. The van der Waals surface area contributed by atoms with E-state index in [4.69, 9.17) is 13.9 Å². The quantitative estimate of drug-likeness (QED) is 0.724. The molecule has 2 heterocycles. The highest BCUT2D eigenvalue weighted by Crippen LogP contribution is 2.33. The Bertz CT molecular complexity index is 1090. The number of benzene rings is 2. The van der Waals surface area contributed by atoms with Crippen molar-refractivity contribution in [1.29, 1.82) is 0 Å². The maximum absolute atomic E-state index is 12.4. The van der Waals surface area contributed by atoms with E-state index in [2.05, 4.69) is 12.1 Å². The summed E-state index contributed by atoms with van der Waals surface area (Å²) in [6.45, 7) is 2.18. The molecule has 0 spiro atoms. The number of hydrogen-bond donors (Lipinski definition) is 1. The molecular formula is C22H22NO4+. The SMILES string of the molecule is COc1cccc(C[NH+]2COc3ccc4c5c(c(=O)oc4c3C2)CCC5)c1. The summed E-state index contributed by atoms with van der Waals surface area (Å²) in [5.41, 5.74) is 4.76. The molecule has 27 heavy (non-hydrogen) atoms. The van der Waals surface area contributed by atoms with Crippen LogP contribution in [-0.2, 0) is 25.9 Å². The van der Waals surface area contributed by atoms with Crippen molar-refractivity contribution >= 4 is 11.0 Å². The topological polar surface area (TPSA) is 53.1 Å². The number of quaternary nitrogens is 1. The van der Waals surface area contributed by atoms with Crippen LogP contribution in [0.15, 0.2) is 45.6 Å². The average molecular weight is 364 g/mol. The molecule has 1 unspecified atom stereocenters. The van der Waals surface area contributed by atoms with Gasteiger partial charge in [0.05, 0.1) is 12.7 Å². The Labute approximate surface area is 157 Å². The number of fused-ring (bicyclic) bond motifs is 5. The zero-order chi connectivity index (χ0) is 18.4. The van der Waals surface area contributed by atoms with Gasteiger partial charge in [0.15, 0.2) is 5.58 Å². The summed E-state index contributed by atoms with van der Waals surface area (Å²) in [6, 6.07) is 12.2. The fourth-order valence-electron chi connectivity index (χ4n) is 4.35. The smallest absolute Gasteiger partial charge is 0.339 e. The summed E-state index contributed by atoms with van der Waals surface area (Å²) in [5, 5.41) is 1.08. The standard InChI is InChI=1S/C22H21NO4/c1-25-15-5-2-4-14(10-15)11-23-12-19-20(26-13-23)9-8-17-16-6-3-7-18(16)22(24)27-21(17)19/h2,4-5,8-10H,3,6-7,11-13H2,1H3/p+1. The Hall–Kier alpha value is -2.79. The Morgan fingerprint density at radius 3 is 2.89 bits per heavy atom. The Morgan fingerprint density at radius 1 is 1.11 bits per heavy atom. The molecule has 5 heteroatoms. The van der Waals surface area contributed by atoms with Gasteiger partial charge >= 0.3 is 5.63 Å². The molecule has 1 aromatic heterocycles. The first-order chi connectivity index (χ1) is 13.2. The third kappa shape index (κ3) is 2.79. The van der Waals surface area contributed by atoms with Crippen LogP contribution in [0.5, 0.6) is 11.5 Å². The second kappa shape index (κ2) is 6.43. The first kappa shape index (κ1) is 16.4. The van der Waals surface area contributed by atoms with E-state index in [1.54, 1.807) is 7.11 Å². The van der Waals surface area contributed by atoms with E-state index in [-0.39, 0.29) is 5.63 Å². The summed E-state index contributed by atoms with van der Waals surface area (Å²) in [6.07, 6.45) is 2.81. The summed E-state index contributed by atoms with van der Waals surface area (Å²) in [7, 11) is 1.68. The summed E-state index contributed by atoms with van der Waals surface area (Å²) < 4.78 is 17.1. The molecule has 3 aromatic rings. The molecule has 0 bridgehead atoms. The molecule has 2 aromatic carbocycles. The second-order valence-electron chi connectivity index (χ2n) is 7.36. The van der Waals surface area contributed by atoms with E-state index in [1.807, 2.05) is 24.3 Å². The van der Waals surface area contributed by atoms with Gasteiger partial charge in [-0.15, -0.1) is 0 Å². The lowest BCUT2D eigenvalue weighted by molar-refractivity contribution is -0.945. The van der Waals surface area contributed by atoms with Crippen LogP contribution in [0.2, 0.25) is 0 Å². The lowest BCUT2D eigenvalue weighted by Gasteiger charge is -2.26. The third-order valence-corrected chi connectivity index (χ3v) is 5.65. The largest absolute Gasteiger partial charge is 0.497 e. The lowest BCUT2D eigenvalue weighted by atomic mass is 10.0. The molecule has 0 amide bonds. The number of aryl methyl sites for hydroxylation is 1. The lowest BCUT2D eigenvalue weighted by Crippen LogP contribution is -3.10. The van der Waals surface area contributed by atoms with Crippen LogP contribution in [0.25, 0.3) is 11.0 Å². The van der Waals surface area contributed by atoms with Crippen LogP contribution in [-0.4, -0.2) is 13.8 Å². The van der Waals surface area contributed by atoms with Crippen molar-refractivity contribution in [3.63, 3.8) is 0 Å². The van der Waals surface area contributed by atoms with Crippen molar-refractivity contribution in [1.82, 2.24) is 0 Å². The van der Waals surface area contributed by atoms with Gasteiger partial charge < -0.3 is 13.9 Å². The Morgan fingerprint density at radius 2 is 2.00 bits per heavy atom. The Kier molecular flexibility index (Phi) is 3.90. The Balaban J connectivity index is 1.52. The van der Waals surface area contributed by atoms with Gasteiger partial charge in [0.25, 0.3) is 0 Å². The van der Waals surface area contributed by atoms with Crippen molar-refractivity contribution in [3.8, 4) is 11.5 Å². The van der Waals surface area contributed by atoms with Gasteiger partial charge in [-0.05, 0) is 49.1 Å². The number of rotatable bonds is 3. The van der Waals surface area contributed by atoms with Crippen molar-refractivity contribution < 1.29 is 18.8 Å². The van der Waals surface area contributed by atoms with Crippen LogP contribution in [0, 0.1) is 0 Å². The molecule has 138 valence electrons. The molecular weight excluding hydrogens is 342 g/mol. The van der Waals surface area contributed by atoms with Crippen LogP contribution in [0.3, 0.4) is 0 Å². The molecule has 5 nitrogen and oxygen atoms in total. The predicted octanol–water partition coefficient (Wildman–Crippen LogP) is 2.23. The highest BCUT2D eigenvalue weighted by molar-refractivity contribution is 5.86. The van der Waals surface area contributed by atoms with Gasteiger partial charge in [-0.1, -0.05) is 12.1 Å². The van der Waals surface area contributed by atoms with E-state index in [9.17, 15) is 4.79 Å². The van der Waals surface area contributed by atoms with E-state index in [0.717, 1.165) is 60.4 Å². The second-order valence-corrected chi connectivity index (χ2v) is 7.36. The fraction of sp³-hybridized carbons (Fsp3) is 0.318. The molecule has 0 fully saturated rings. The number of methoxy groups -OCH3 is 1. The number of ether oxygens (including phenoxy) is 2. The van der Waals surface area contributed by atoms with Crippen LogP contribution < -0.4 is 20.0 Å². The number of nitrogens with one attached hydrogen (secondary N) is 1. The number of hydrogen-bond acceptors (Lipinski definition) is 4. The minimum Gasteiger partial charge on any atom is -0.497 e. The molecule has 1 N–H and O–H groups in total. The first-order valence-corrected chi connectivity index (χ1v) is 9.42. The molecule has 1 aliphatic heterocycles. The maximum Gasteiger partial charge on any atom is 0.339 e. The first-order valence-electron chi connectivity index (χ1n) is 9.42. The van der Waals surface area contributed by atoms with E-state index >= 15 is 0 Å². The molecule has 0 saturated heterocycles. The van der Waals surface area contributed by atoms with Crippen molar-refractivity contribution in [2.75, 3.05) is 13.8 Å².